The molecule has 6 aromatic carbocycles. The number of fused-ring (bicyclic) bond motifs is 2. The van der Waals surface area contributed by atoms with E-state index in [1.165, 1.54) is 0 Å². The molecule has 0 atom stereocenters. The van der Waals surface area contributed by atoms with Crippen molar-refractivity contribution in [2.45, 2.75) is 6.92 Å². The summed E-state index contributed by atoms with van der Waals surface area (Å²) in [6.45, 7) is 2.58. The van der Waals surface area contributed by atoms with Gasteiger partial charge in [-0.25, -0.2) is 0 Å². The second-order valence-electron chi connectivity index (χ2n) is 9.39. The van der Waals surface area contributed by atoms with Gasteiger partial charge in [0.25, 0.3) is 0 Å². The molecule has 0 N–H and O–H groups in total. The van der Waals surface area contributed by atoms with Crippen LogP contribution in [0.1, 0.15) is 6.92 Å². The summed E-state index contributed by atoms with van der Waals surface area (Å²) in [7, 11) is 1.65. The van der Waals surface area contributed by atoms with E-state index in [0.29, 0.717) is 6.61 Å². The molecule has 0 spiro atoms. The Morgan fingerprint density at radius 3 is 1.41 bits per heavy atom. The molecular formula is C35H28N4O2. The average molecular weight is 537 g/mol. The first-order valence-electron chi connectivity index (χ1n) is 13.5. The minimum absolute atomic E-state index is 0.616. The Morgan fingerprint density at radius 1 is 0.488 bits per heavy atom. The lowest BCUT2D eigenvalue weighted by Crippen LogP contribution is -1.89. The Hall–Kier alpha value is -5.36. The van der Waals surface area contributed by atoms with Crippen LogP contribution >= 0.6 is 0 Å². The topological polar surface area (TPSA) is 67.9 Å². The van der Waals surface area contributed by atoms with Gasteiger partial charge < -0.3 is 9.47 Å². The molecule has 0 radical (unpaired) electrons. The fourth-order valence-electron chi connectivity index (χ4n) is 4.86. The number of methoxy groups -OCH3 is 1. The van der Waals surface area contributed by atoms with Gasteiger partial charge in [-0.1, -0.05) is 60.7 Å². The molecule has 0 bridgehead atoms. The van der Waals surface area contributed by atoms with Gasteiger partial charge in [0.1, 0.15) is 11.5 Å². The van der Waals surface area contributed by atoms with Crippen LogP contribution in [0, 0.1) is 0 Å². The molecule has 41 heavy (non-hydrogen) atoms. The lowest BCUT2D eigenvalue weighted by molar-refractivity contribution is 0.340. The molecule has 0 aliphatic heterocycles. The van der Waals surface area contributed by atoms with Gasteiger partial charge in [-0.3, -0.25) is 0 Å². The third-order valence-corrected chi connectivity index (χ3v) is 6.83. The number of rotatable bonds is 8. The molecule has 0 heterocycles. The molecule has 0 unspecified atom stereocenters. The van der Waals surface area contributed by atoms with Crippen molar-refractivity contribution in [3.8, 4) is 22.6 Å². The van der Waals surface area contributed by atoms with Crippen LogP contribution in [0.25, 0.3) is 32.7 Å². The molecule has 6 heteroatoms. The first-order valence-corrected chi connectivity index (χ1v) is 13.5. The molecule has 6 aromatic rings. The van der Waals surface area contributed by atoms with Crippen molar-refractivity contribution in [3.05, 3.63) is 121 Å². The number of hydrogen-bond donors (Lipinski definition) is 0. The van der Waals surface area contributed by atoms with E-state index >= 15 is 0 Å². The molecule has 0 aliphatic rings. The normalized spacial score (nSPS) is 11.6. The van der Waals surface area contributed by atoms with Crippen molar-refractivity contribution in [2.24, 2.45) is 20.5 Å². The van der Waals surface area contributed by atoms with Crippen molar-refractivity contribution >= 4 is 44.3 Å². The van der Waals surface area contributed by atoms with Crippen molar-refractivity contribution in [1.29, 1.82) is 0 Å². The van der Waals surface area contributed by atoms with Gasteiger partial charge in [-0.2, -0.15) is 10.2 Å². The first-order chi connectivity index (χ1) is 20.2. The van der Waals surface area contributed by atoms with Gasteiger partial charge in [0.05, 0.1) is 36.5 Å². The monoisotopic (exact) mass is 536 g/mol. The van der Waals surface area contributed by atoms with Gasteiger partial charge >= 0.3 is 0 Å². The van der Waals surface area contributed by atoms with Crippen LogP contribution in [0.15, 0.2) is 142 Å². The Bertz CT molecular complexity index is 1880. The minimum atomic E-state index is 0.616. The molecule has 6 nitrogen and oxygen atoms in total. The lowest BCUT2D eigenvalue weighted by Gasteiger charge is -2.15. The first kappa shape index (κ1) is 25.9. The number of hydrogen-bond acceptors (Lipinski definition) is 6. The summed E-state index contributed by atoms with van der Waals surface area (Å²) in [4.78, 5) is 0. The fraction of sp³-hybridized carbons (Fsp3) is 0.0857. The molecular weight excluding hydrogens is 508 g/mol. The summed E-state index contributed by atoms with van der Waals surface area (Å²) in [5.74, 6) is 1.58. The number of nitrogens with zero attached hydrogens (tertiary/aromatic N) is 4. The second kappa shape index (κ2) is 11.8. The van der Waals surface area contributed by atoms with Gasteiger partial charge in [0, 0.05) is 11.1 Å². The predicted molar refractivity (Wildman–Crippen MR) is 166 cm³/mol. The fourth-order valence-corrected chi connectivity index (χ4v) is 4.86. The smallest absolute Gasteiger partial charge is 0.119 e. The maximum Gasteiger partial charge on any atom is 0.119 e. The molecule has 0 saturated carbocycles. The quantitative estimate of drug-likeness (QED) is 0.182. The van der Waals surface area contributed by atoms with Crippen LogP contribution in [0.4, 0.5) is 22.7 Å². The highest BCUT2D eigenvalue weighted by Crippen LogP contribution is 2.46. The van der Waals surface area contributed by atoms with Crippen molar-refractivity contribution < 1.29 is 9.47 Å². The van der Waals surface area contributed by atoms with Crippen LogP contribution in [0.5, 0.6) is 11.5 Å². The SMILES string of the molecule is CCOc1ccc(N=Nc2ccc3ccccc3c2-c2c(N=Nc3ccc(OC)cc3)ccc3ccccc23)cc1. The maximum atomic E-state index is 5.57. The van der Waals surface area contributed by atoms with E-state index in [1.54, 1.807) is 7.11 Å². The van der Waals surface area contributed by atoms with Crippen molar-refractivity contribution in [3.63, 3.8) is 0 Å². The molecule has 0 amide bonds. The highest BCUT2D eigenvalue weighted by Gasteiger charge is 2.17. The zero-order chi connectivity index (χ0) is 28.0. The van der Waals surface area contributed by atoms with E-state index in [0.717, 1.165) is 66.9 Å². The highest BCUT2D eigenvalue weighted by molar-refractivity contribution is 6.12. The summed E-state index contributed by atoms with van der Waals surface area (Å²) >= 11 is 0. The predicted octanol–water partition coefficient (Wildman–Crippen LogP) is 10.9. The molecule has 6 rings (SSSR count). The molecule has 0 aromatic heterocycles. The van der Waals surface area contributed by atoms with Gasteiger partial charge in [0.15, 0.2) is 0 Å². The summed E-state index contributed by atoms with van der Waals surface area (Å²) in [5.41, 5.74) is 4.88. The summed E-state index contributed by atoms with van der Waals surface area (Å²) in [6, 6.07) is 39.9. The maximum absolute atomic E-state index is 5.57. The zero-order valence-electron chi connectivity index (χ0n) is 22.9. The largest absolute Gasteiger partial charge is 0.497 e. The highest BCUT2D eigenvalue weighted by atomic mass is 16.5. The van der Waals surface area contributed by atoms with E-state index in [9.17, 15) is 0 Å². The standard InChI is InChI=1S/C35H28N4O2/c1-3-41-29-20-16-27(17-21-29)37-39-33-23-13-25-9-5-7-11-31(25)35(33)34-30-10-6-4-8-24(30)12-22-32(34)38-36-26-14-18-28(40-2)19-15-26/h4-23H,3H2,1-2H3. The molecule has 200 valence electrons. The Morgan fingerprint density at radius 2 is 0.951 bits per heavy atom. The summed E-state index contributed by atoms with van der Waals surface area (Å²) in [5, 5.41) is 23.0. The van der Waals surface area contributed by atoms with E-state index in [4.69, 9.17) is 19.7 Å². The minimum Gasteiger partial charge on any atom is -0.497 e. The molecule has 0 saturated heterocycles. The summed E-state index contributed by atoms with van der Waals surface area (Å²) < 4.78 is 10.9. The number of benzene rings is 6. The van der Waals surface area contributed by atoms with Crippen LogP contribution in [-0.2, 0) is 0 Å². The van der Waals surface area contributed by atoms with Crippen LogP contribution in [0.2, 0.25) is 0 Å². The van der Waals surface area contributed by atoms with E-state index in [1.807, 2.05) is 91.9 Å². The van der Waals surface area contributed by atoms with E-state index in [-0.39, 0.29) is 0 Å². The van der Waals surface area contributed by atoms with Crippen LogP contribution in [-0.4, -0.2) is 13.7 Å². The Balaban J connectivity index is 1.53. The molecule has 0 aliphatic carbocycles. The van der Waals surface area contributed by atoms with Gasteiger partial charge in [0.2, 0.25) is 0 Å². The van der Waals surface area contributed by atoms with Crippen molar-refractivity contribution in [1.82, 2.24) is 0 Å². The van der Waals surface area contributed by atoms with E-state index < -0.39 is 0 Å². The second-order valence-corrected chi connectivity index (χ2v) is 9.39. The average Bonchev–Trinajstić information content (AvgIpc) is 3.03. The van der Waals surface area contributed by atoms with Gasteiger partial charge in [-0.15, -0.1) is 10.2 Å². The van der Waals surface area contributed by atoms with E-state index in [2.05, 4.69) is 46.6 Å². The van der Waals surface area contributed by atoms with Crippen molar-refractivity contribution in [2.75, 3.05) is 13.7 Å². The summed E-state index contributed by atoms with van der Waals surface area (Å²) in [6.07, 6.45) is 0. The van der Waals surface area contributed by atoms with Crippen LogP contribution in [0.3, 0.4) is 0 Å². The lowest BCUT2D eigenvalue weighted by atomic mass is 9.91. The number of azo groups is 2. The Labute approximate surface area is 238 Å². The van der Waals surface area contributed by atoms with Crippen LogP contribution < -0.4 is 9.47 Å². The third kappa shape index (κ3) is 5.54. The third-order valence-electron chi connectivity index (χ3n) is 6.83. The Kier molecular flexibility index (Phi) is 7.45. The molecule has 0 fully saturated rings. The number of ether oxygens (including phenoxy) is 2. The van der Waals surface area contributed by atoms with Gasteiger partial charge in [-0.05, 0) is 89.1 Å². The zero-order valence-corrected chi connectivity index (χ0v) is 22.9.